The Morgan fingerprint density at radius 3 is 2.72 bits per heavy atom. The van der Waals surface area contributed by atoms with Crippen LogP contribution in [0.2, 0.25) is 0 Å². The first-order valence-electron chi connectivity index (χ1n) is 11.2. The van der Waals surface area contributed by atoms with Crippen molar-refractivity contribution in [2.45, 2.75) is 87.6 Å². The van der Waals surface area contributed by atoms with Crippen molar-refractivity contribution in [1.82, 2.24) is 15.5 Å². The Kier molecular flexibility index (Phi) is 6.97. The first-order valence-corrected chi connectivity index (χ1v) is 11.7. The maximum Gasteiger partial charge on any atom is 0.226 e. The van der Waals surface area contributed by atoms with Gasteiger partial charge < -0.3 is 15.0 Å². The average Bonchev–Trinajstić information content (AvgIpc) is 3.55. The number of halogens is 2. The molecular formula is C21H33ClFN3O3. The number of nitrogens with one attached hydrogen (secondary N) is 2. The number of piperidine rings is 2. The molecular weight excluding hydrogens is 397 g/mol. The van der Waals surface area contributed by atoms with Crippen LogP contribution in [0.15, 0.2) is 0 Å². The summed E-state index contributed by atoms with van der Waals surface area (Å²) in [6.45, 7) is 2.02. The fourth-order valence-electron chi connectivity index (χ4n) is 4.76. The summed E-state index contributed by atoms with van der Waals surface area (Å²) in [6, 6.07) is 0.376. The van der Waals surface area contributed by atoms with Gasteiger partial charge in [-0.1, -0.05) is 0 Å². The molecule has 2 amide bonds. The first kappa shape index (κ1) is 21.3. The zero-order chi connectivity index (χ0) is 20.4. The van der Waals surface area contributed by atoms with Crippen LogP contribution in [-0.2, 0) is 14.3 Å². The predicted molar refractivity (Wildman–Crippen MR) is 108 cm³/mol. The minimum Gasteiger partial charge on any atom is -0.378 e. The molecule has 2 aliphatic carbocycles. The van der Waals surface area contributed by atoms with Crippen molar-refractivity contribution in [3.05, 3.63) is 0 Å². The lowest BCUT2D eigenvalue weighted by Gasteiger charge is -2.35. The fraction of sp³-hybridized carbons (Fsp3) is 0.905. The predicted octanol–water partition coefficient (Wildman–Crippen LogP) is 2.34. The Bertz CT molecular complexity index is 598. The molecule has 2 N–H and O–H groups in total. The Morgan fingerprint density at radius 2 is 2.03 bits per heavy atom. The lowest BCUT2D eigenvalue weighted by molar-refractivity contribution is -0.139. The van der Waals surface area contributed by atoms with Gasteiger partial charge in [0.15, 0.2) is 0 Å². The molecule has 0 aromatic heterocycles. The summed E-state index contributed by atoms with van der Waals surface area (Å²) in [7, 11) is 0. The summed E-state index contributed by atoms with van der Waals surface area (Å²) in [5, 5.41) is 6.12. The van der Waals surface area contributed by atoms with Crippen molar-refractivity contribution in [2.75, 3.05) is 19.7 Å². The maximum atomic E-state index is 13.5. The van der Waals surface area contributed by atoms with Crippen LogP contribution < -0.4 is 10.6 Å². The van der Waals surface area contributed by atoms with Crippen molar-refractivity contribution < 1.29 is 18.7 Å². The summed E-state index contributed by atoms with van der Waals surface area (Å²) in [5.74, 6) is 0.574. The van der Waals surface area contributed by atoms with E-state index in [4.69, 9.17) is 16.3 Å². The van der Waals surface area contributed by atoms with E-state index in [1.54, 1.807) is 0 Å². The SMILES string of the molecule is O=C(NC1CCC(COC2CCC(F)C(Cl)C2)CN1)C1CCC(=O)N(C2CC2)C1. The van der Waals surface area contributed by atoms with Gasteiger partial charge in [0.2, 0.25) is 11.8 Å². The molecule has 6 unspecified atom stereocenters. The van der Waals surface area contributed by atoms with Gasteiger partial charge in [-0.2, -0.15) is 0 Å². The van der Waals surface area contributed by atoms with Crippen LogP contribution in [0.4, 0.5) is 4.39 Å². The maximum absolute atomic E-state index is 13.5. The lowest BCUT2D eigenvalue weighted by atomic mass is 9.94. The van der Waals surface area contributed by atoms with Crippen molar-refractivity contribution in [3.63, 3.8) is 0 Å². The van der Waals surface area contributed by atoms with Gasteiger partial charge in [-0.15, -0.1) is 11.6 Å². The van der Waals surface area contributed by atoms with Crippen LogP contribution in [-0.4, -0.2) is 66.3 Å². The van der Waals surface area contributed by atoms with E-state index in [-0.39, 0.29) is 30.0 Å². The molecule has 8 heteroatoms. The van der Waals surface area contributed by atoms with Gasteiger partial charge in [-0.05, 0) is 57.3 Å². The van der Waals surface area contributed by atoms with Crippen molar-refractivity contribution in [1.29, 1.82) is 0 Å². The molecule has 2 saturated carbocycles. The molecule has 0 aromatic rings. The molecule has 2 heterocycles. The van der Waals surface area contributed by atoms with Crippen LogP contribution in [0.1, 0.15) is 57.8 Å². The summed E-state index contributed by atoms with van der Waals surface area (Å²) >= 11 is 6.02. The normalized spacial score (nSPS) is 38.7. The number of likely N-dealkylation sites (tertiary alicyclic amines) is 1. The molecule has 2 saturated heterocycles. The molecule has 4 fully saturated rings. The topological polar surface area (TPSA) is 70.7 Å². The van der Waals surface area contributed by atoms with Gasteiger partial charge >= 0.3 is 0 Å². The van der Waals surface area contributed by atoms with Gasteiger partial charge in [0, 0.05) is 25.6 Å². The second-order valence-electron chi connectivity index (χ2n) is 9.23. The largest absolute Gasteiger partial charge is 0.378 e. The minimum atomic E-state index is -0.907. The number of amides is 2. The molecule has 0 spiro atoms. The molecule has 4 rings (SSSR count). The molecule has 0 aromatic carbocycles. The van der Waals surface area contributed by atoms with E-state index in [1.165, 1.54) is 0 Å². The standard InChI is InChI=1S/C21H33ClFN3O3/c22-17-9-16(5-6-18(17)23)29-12-13-1-7-19(24-10-13)25-21(28)14-2-8-20(27)26(11-14)15-3-4-15/h13-19,24H,1-12H2,(H,25,28). The van der Waals surface area contributed by atoms with E-state index < -0.39 is 11.5 Å². The van der Waals surface area contributed by atoms with E-state index in [9.17, 15) is 14.0 Å². The molecule has 29 heavy (non-hydrogen) atoms. The van der Waals surface area contributed by atoms with E-state index in [0.29, 0.717) is 50.8 Å². The third-order valence-electron chi connectivity index (χ3n) is 6.85. The second-order valence-corrected chi connectivity index (χ2v) is 9.79. The first-order chi connectivity index (χ1) is 14.0. The zero-order valence-corrected chi connectivity index (χ0v) is 17.7. The Balaban J connectivity index is 1.14. The summed E-state index contributed by atoms with van der Waals surface area (Å²) in [6.07, 6.45) is 6.10. The molecule has 164 valence electrons. The summed E-state index contributed by atoms with van der Waals surface area (Å²) in [5.41, 5.74) is 0. The zero-order valence-electron chi connectivity index (χ0n) is 17.0. The second kappa shape index (κ2) is 9.48. The van der Waals surface area contributed by atoms with Crippen LogP contribution in [0, 0.1) is 11.8 Å². The van der Waals surface area contributed by atoms with Crippen LogP contribution in [0.25, 0.3) is 0 Å². The molecule has 6 atom stereocenters. The van der Waals surface area contributed by atoms with Gasteiger partial charge in [-0.3, -0.25) is 14.9 Å². The van der Waals surface area contributed by atoms with Crippen LogP contribution >= 0.6 is 11.6 Å². The van der Waals surface area contributed by atoms with Crippen molar-refractivity contribution in [3.8, 4) is 0 Å². The van der Waals surface area contributed by atoms with Crippen molar-refractivity contribution >= 4 is 23.4 Å². The van der Waals surface area contributed by atoms with E-state index in [2.05, 4.69) is 10.6 Å². The van der Waals surface area contributed by atoms with E-state index in [0.717, 1.165) is 38.6 Å². The highest BCUT2D eigenvalue weighted by molar-refractivity contribution is 6.21. The highest BCUT2D eigenvalue weighted by Gasteiger charge is 2.39. The van der Waals surface area contributed by atoms with Crippen LogP contribution in [0.5, 0.6) is 0 Å². The molecule has 2 aliphatic heterocycles. The van der Waals surface area contributed by atoms with E-state index >= 15 is 0 Å². The molecule has 0 bridgehead atoms. The summed E-state index contributed by atoms with van der Waals surface area (Å²) < 4.78 is 19.4. The number of ether oxygens (including phenoxy) is 1. The Hall–Kier alpha value is -0.920. The number of nitrogens with zero attached hydrogens (tertiary/aromatic N) is 1. The number of hydrogen-bond acceptors (Lipinski definition) is 4. The summed E-state index contributed by atoms with van der Waals surface area (Å²) in [4.78, 5) is 26.6. The number of carbonyl (C=O) groups is 2. The minimum absolute atomic E-state index is 0.0139. The van der Waals surface area contributed by atoms with E-state index in [1.807, 2.05) is 4.90 Å². The number of rotatable bonds is 6. The number of alkyl halides is 2. The molecule has 6 nitrogen and oxygen atoms in total. The highest BCUT2D eigenvalue weighted by Crippen LogP contribution is 2.32. The quantitative estimate of drug-likeness (QED) is 0.636. The Morgan fingerprint density at radius 1 is 1.21 bits per heavy atom. The van der Waals surface area contributed by atoms with Gasteiger partial charge in [-0.25, -0.2) is 4.39 Å². The average molecular weight is 430 g/mol. The third kappa shape index (κ3) is 5.61. The highest BCUT2D eigenvalue weighted by atomic mass is 35.5. The third-order valence-corrected chi connectivity index (χ3v) is 7.30. The monoisotopic (exact) mass is 429 g/mol. The van der Waals surface area contributed by atoms with Crippen molar-refractivity contribution in [2.24, 2.45) is 11.8 Å². The number of hydrogen-bond donors (Lipinski definition) is 2. The molecule has 0 radical (unpaired) electrons. The number of carbonyl (C=O) groups excluding carboxylic acids is 2. The lowest BCUT2D eigenvalue weighted by Crippen LogP contribution is -2.54. The van der Waals surface area contributed by atoms with Gasteiger partial charge in [0.05, 0.1) is 30.2 Å². The Labute approximate surface area is 177 Å². The van der Waals surface area contributed by atoms with Crippen LogP contribution in [0.3, 0.4) is 0 Å². The van der Waals surface area contributed by atoms with Gasteiger partial charge in [0.25, 0.3) is 0 Å². The van der Waals surface area contributed by atoms with Gasteiger partial charge in [0.1, 0.15) is 6.17 Å². The fourth-order valence-corrected chi connectivity index (χ4v) is 5.09. The smallest absolute Gasteiger partial charge is 0.226 e. The molecule has 4 aliphatic rings.